The van der Waals surface area contributed by atoms with Crippen molar-refractivity contribution in [3.8, 4) is 0 Å². The van der Waals surface area contributed by atoms with Crippen LogP contribution in [0, 0.1) is 5.92 Å². The summed E-state index contributed by atoms with van der Waals surface area (Å²) < 4.78 is 1.06. The minimum absolute atomic E-state index is 0.0908. The first-order valence-corrected chi connectivity index (χ1v) is 6.78. The lowest BCUT2D eigenvalue weighted by Gasteiger charge is -2.22. The van der Waals surface area contributed by atoms with Crippen LogP contribution >= 0.6 is 11.3 Å². The lowest BCUT2D eigenvalue weighted by molar-refractivity contribution is 0.0885. The van der Waals surface area contributed by atoms with Crippen molar-refractivity contribution >= 4 is 27.2 Å². The van der Waals surface area contributed by atoms with Crippen molar-refractivity contribution in [2.24, 2.45) is 11.7 Å². The topological polar surface area (TPSA) is 43.1 Å². The molecule has 0 bridgehead atoms. The predicted octanol–water partition coefficient (Wildman–Crippen LogP) is 3.21. The molecule has 0 radical (unpaired) electrons. The molecule has 2 nitrogen and oxygen atoms in total. The highest BCUT2D eigenvalue weighted by atomic mass is 32.1. The number of Topliss-reactive ketones (excluding diaryl/α,β-unsaturated/α-hetero) is 1. The highest BCUT2D eigenvalue weighted by Gasteiger charge is 2.44. The van der Waals surface area contributed by atoms with Gasteiger partial charge in [-0.2, -0.15) is 0 Å². The van der Waals surface area contributed by atoms with Crippen molar-refractivity contribution in [1.29, 1.82) is 0 Å². The molecular weight excluding hydrogens is 230 g/mol. The number of hydrogen-bond acceptors (Lipinski definition) is 3. The van der Waals surface area contributed by atoms with Gasteiger partial charge in [0.2, 0.25) is 0 Å². The molecule has 1 fully saturated rings. The zero-order valence-electron chi connectivity index (χ0n) is 9.77. The Bertz CT molecular complexity index is 581. The number of thiophene rings is 1. The predicted molar refractivity (Wildman–Crippen MR) is 71.5 cm³/mol. The third-order valence-electron chi connectivity index (χ3n) is 3.64. The minimum Gasteiger partial charge on any atom is -0.319 e. The molecular formula is C14H15NOS. The second-order valence-corrected chi connectivity index (χ2v) is 5.95. The second kappa shape index (κ2) is 3.65. The van der Waals surface area contributed by atoms with Gasteiger partial charge in [-0.15, -0.1) is 11.3 Å². The SMILES string of the molecule is CC(N)(C(=O)c1cccc2ccsc12)C1CC1. The summed E-state index contributed by atoms with van der Waals surface area (Å²) in [5.41, 5.74) is 6.30. The van der Waals surface area contributed by atoms with Crippen molar-refractivity contribution in [2.75, 3.05) is 0 Å². The average Bonchev–Trinajstić information content (AvgIpc) is 3.07. The Kier molecular flexibility index (Phi) is 2.35. The molecule has 0 spiro atoms. The molecule has 0 aliphatic heterocycles. The number of ketones is 1. The number of fused-ring (bicyclic) bond motifs is 1. The third-order valence-corrected chi connectivity index (χ3v) is 4.60. The first kappa shape index (κ1) is 10.9. The van der Waals surface area contributed by atoms with Gasteiger partial charge in [-0.25, -0.2) is 0 Å². The van der Waals surface area contributed by atoms with Crippen LogP contribution < -0.4 is 5.73 Å². The molecule has 1 aliphatic carbocycles. The number of nitrogens with two attached hydrogens (primary N) is 1. The molecule has 88 valence electrons. The van der Waals surface area contributed by atoms with E-state index >= 15 is 0 Å². The van der Waals surface area contributed by atoms with Crippen LogP contribution in [0.4, 0.5) is 0 Å². The Hall–Kier alpha value is -1.19. The van der Waals surface area contributed by atoms with Gasteiger partial charge in [0.05, 0.1) is 5.54 Å². The summed E-state index contributed by atoms with van der Waals surface area (Å²) in [5, 5.41) is 3.15. The maximum atomic E-state index is 12.5. The zero-order chi connectivity index (χ0) is 12.0. The van der Waals surface area contributed by atoms with Crippen LogP contribution in [-0.2, 0) is 0 Å². The highest BCUT2D eigenvalue weighted by Crippen LogP contribution is 2.40. The molecule has 17 heavy (non-hydrogen) atoms. The Balaban J connectivity index is 2.09. The van der Waals surface area contributed by atoms with Gasteiger partial charge in [0.15, 0.2) is 5.78 Å². The van der Waals surface area contributed by atoms with Crippen molar-refractivity contribution in [2.45, 2.75) is 25.3 Å². The molecule has 2 aromatic rings. The number of benzene rings is 1. The van der Waals surface area contributed by atoms with Gasteiger partial charge >= 0.3 is 0 Å². The third kappa shape index (κ3) is 1.70. The van der Waals surface area contributed by atoms with Gasteiger partial charge in [-0.3, -0.25) is 4.79 Å². The molecule has 1 unspecified atom stereocenters. The van der Waals surface area contributed by atoms with Crippen molar-refractivity contribution in [1.82, 2.24) is 0 Å². The monoisotopic (exact) mass is 245 g/mol. The first-order valence-electron chi connectivity index (χ1n) is 5.90. The number of hydrogen-bond donors (Lipinski definition) is 1. The van der Waals surface area contributed by atoms with Crippen molar-refractivity contribution in [3.05, 3.63) is 35.2 Å². The van der Waals surface area contributed by atoms with Gasteiger partial charge in [-0.1, -0.05) is 12.1 Å². The van der Waals surface area contributed by atoms with E-state index in [9.17, 15) is 4.79 Å². The van der Waals surface area contributed by atoms with Gasteiger partial charge in [0.25, 0.3) is 0 Å². The summed E-state index contributed by atoms with van der Waals surface area (Å²) in [4.78, 5) is 12.5. The van der Waals surface area contributed by atoms with E-state index in [0.717, 1.165) is 28.5 Å². The number of carbonyl (C=O) groups is 1. The molecule has 1 saturated carbocycles. The van der Waals surface area contributed by atoms with Crippen LogP contribution in [0.25, 0.3) is 10.1 Å². The summed E-state index contributed by atoms with van der Waals surface area (Å²) in [6, 6.07) is 7.91. The Morgan fingerprint density at radius 3 is 2.88 bits per heavy atom. The molecule has 0 amide bonds. The maximum absolute atomic E-state index is 12.5. The number of rotatable bonds is 3. The van der Waals surface area contributed by atoms with Gasteiger partial charge in [0, 0.05) is 10.3 Å². The average molecular weight is 245 g/mol. The summed E-state index contributed by atoms with van der Waals surface area (Å²) in [7, 11) is 0. The number of carbonyl (C=O) groups excluding carboxylic acids is 1. The summed E-state index contributed by atoms with van der Waals surface area (Å²) in [5.74, 6) is 0.457. The van der Waals surface area contributed by atoms with Crippen molar-refractivity contribution in [3.63, 3.8) is 0 Å². The molecule has 1 aromatic carbocycles. The fraction of sp³-hybridized carbons (Fsp3) is 0.357. The maximum Gasteiger partial charge on any atom is 0.184 e. The molecule has 0 saturated heterocycles. The van der Waals surface area contributed by atoms with Gasteiger partial charge in [0.1, 0.15) is 0 Å². The lowest BCUT2D eigenvalue weighted by atomic mass is 9.87. The van der Waals surface area contributed by atoms with Crippen LogP contribution in [0.5, 0.6) is 0 Å². The van der Waals surface area contributed by atoms with E-state index in [-0.39, 0.29) is 5.78 Å². The quantitative estimate of drug-likeness (QED) is 0.844. The summed E-state index contributed by atoms with van der Waals surface area (Å²) >= 11 is 1.61. The largest absolute Gasteiger partial charge is 0.319 e. The standard InChI is InChI=1S/C14H15NOS/c1-14(15,10-5-6-10)13(16)11-4-2-3-9-7-8-17-12(9)11/h2-4,7-8,10H,5-6,15H2,1H3. The van der Waals surface area contributed by atoms with E-state index in [0.29, 0.717) is 5.92 Å². The second-order valence-electron chi connectivity index (χ2n) is 5.03. The van der Waals surface area contributed by atoms with Crippen LogP contribution in [0.1, 0.15) is 30.1 Å². The fourth-order valence-electron chi connectivity index (χ4n) is 2.33. The molecule has 1 aliphatic rings. The van der Waals surface area contributed by atoms with E-state index < -0.39 is 5.54 Å². The highest BCUT2D eigenvalue weighted by molar-refractivity contribution is 7.17. The first-order chi connectivity index (χ1) is 8.10. The molecule has 2 N–H and O–H groups in total. The van der Waals surface area contributed by atoms with E-state index in [4.69, 9.17) is 5.73 Å². The Labute approximate surface area is 104 Å². The Morgan fingerprint density at radius 1 is 1.41 bits per heavy atom. The zero-order valence-corrected chi connectivity index (χ0v) is 10.6. The minimum atomic E-state index is -0.696. The van der Waals surface area contributed by atoms with Crippen LogP contribution in [-0.4, -0.2) is 11.3 Å². The van der Waals surface area contributed by atoms with E-state index in [1.54, 1.807) is 11.3 Å². The smallest absolute Gasteiger partial charge is 0.184 e. The van der Waals surface area contributed by atoms with Crippen LogP contribution in [0.3, 0.4) is 0 Å². The molecule has 3 heteroatoms. The molecule has 1 atom stereocenters. The van der Waals surface area contributed by atoms with Gasteiger partial charge < -0.3 is 5.73 Å². The lowest BCUT2D eigenvalue weighted by Crippen LogP contribution is -2.47. The van der Waals surface area contributed by atoms with Gasteiger partial charge in [-0.05, 0) is 48.6 Å². The van der Waals surface area contributed by atoms with Crippen LogP contribution in [0.15, 0.2) is 29.6 Å². The normalized spacial score (nSPS) is 19.2. The Morgan fingerprint density at radius 2 is 2.18 bits per heavy atom. The molecule has 3 rings (SSSR count). The van der Waals surface area contributed by atoms with E-state index in [1.807, 2.05) is 36.6 Å². The molecule has 1 heterocycles. The van der Waals surface area contributed by atoms with E-state index in [2.05, 4.69) is 0 Å². The molecule has 1 aromatic heterocycles. The fourth-order valence-corrected chi connectivity index (χ4v) is 3.24. The van der Waals surface area contributed by atoms with Crippen LogP contribution in [0.2, 0.25) is 0 Å². The summed E-state index contributed by atoms with van der Waals surface area (Å²) in [6.45, 7) is 1.87. The summed E-state index contributed by atoms with van der Waals surface area (Å²) in [6.07, 6.45) is 2.16. The van der Waals surface area contributed by atoms with Crippen molar-refractivity contribution < 1.29 is 4.79 Å². The van der Waals surface area contributed by atoms with E-state index in [1.165, 1.54) is 0 Å².